The number of ether oxygens (including phenoxy) is 1. The van der Waals surface area contributed by atoms with Gasteiger partial charge in [-0.2, -0.15) is 0 Å². The molecule has 0 radical (unpaired) electrons. The average molecular weight is 535 g/mol. The highest BCUT2D eigenvalue weighted by Gasteiger charge is 2.31. The summed E-state index contributed by atoms with van der Waals surface area (Å²) in [5, 5.41) is 4.78. The summed E-state index contributed by atoms with van der Waals surface area (Å²) in [6, 6.07) is 6.91. The molecule has 7 nitrogen and oxygen atoms in total. The number of fused-ring (bicyclic) bond motifs is 5. The number of unbranched alkanes of at least 4 members (excludes halogenated alkanes) is 1. The predicted molar refractivity (Wildman–Crippen MR) is 150 cm³/mol. The topological polar surface area (TPSA) is 94.1 Å². The molecule has 0 fully saturated rings. The number of hydrogen-bond donors (Lipinski definition) is 1. The average Bonchev–Trinajstić information content (AvgIpc) is 3.25. The van der Waals surface area contributed by atoms with Gasteiger partial charge < -0.3 is 10.1 Å². The van der Waals surface area contributed by atoms with Gasteiger partial charge >= 0.3 is 0 Å². The van der Waals surface area contributed by atoms with Crippen LogP contribution in [0.5, 0.6) is 0 Å². The normalized spacial score (nSPS) is 14.6. The van der Waals surface area contributed by atoms with Crippen LogP contribution < -0.4 is 5.32 Å². The van der Waals surface area contributed by atoms with Gasteiger partial charge in [-0.25, -0.2) is 15.0 Å². The Labute approximate surface area is 224 Å². The zero-order valence-corrected chi connectivity index (χ0v) is 23.1. The number of Topliss-reactive ketones (excluding diaryl/α,β-unsaturated/α-hetero) is 1. The zero-order valence-electron chi connectivity index (χ0n) is 21.5. The van der Waals surface area contributed by atoms with E-state index in [1.54, 1.807) is 41.9 Å². The molecule has 9 heteroatoms. The Balaban J connectivity index is 1.44. The van der Waals surface area contributed by atoms with Crippen molar-refractivity contribution in [2.45, 2.75) is 70.6 Å². The number of hydrogen-bond acceptors (Lipinski definition) is 8. The lowest BCUT2D eigenvalue weighted by Crippen LogP contribution is -2.32. The van der Waals surface area contributed by atoms with Crippen LogP contribution >= 0.6 is 23.1 Å². The molecule has 0 aliphatic carbocycles. The van der Waals surface area contributed by atoms with Crippen LogP contribution in [0.4, 0.5) is 5.69 Å². The SMILES string of the molecule is CCCCc1nc2sc3c(SCC(=O)Nc4ccc(C(C)=O)cc4)ncnc3c2c2c1COC(C)(C)C2. The molecular formula is C28H30N4O3S2. The van der Waals surface area contributed by atoms with Gasteiger partial charge in [0.1, 0.15) is 16.2 Å². The highest BCUT2D eigenvalue weighted by atomic mass is 32.2. The Morgan fingerprint density at radius 2 is 1.95 bits per heavy atom. The third-order valence-electron chi connectivity index (χ3n) is 6.56. The number of nitrogens with one attached hydrogen (secondary N) is 1. The quantitative estimate of drug-likeness (QED) is 0.159. The van der Waals surface area contributed by atoms with Crippen LogP contribution in [0, 0.1) is 0 Å². The largest absolute Gasteiger partial charge is 0.370 e. The second-order valence-electron chi connectivity index (χ2n) is 9.95. The van der Waals surface area contributed by atoms with Gasteiger partial charge in [-0.1, -0.05) is 25.1 Å². The number of ketones is 1. The van der Waals surface area contributed by atoms with Crippen molar-refractivity contribution in [1.82, 2.24) is 15.0 Å². The Morgan fingerprint density at radius 3 is 2.68 bits per heavy atom. The first-order chi connectivity index (χ1) is 17.8. The molecule has 4 heterocycles. The number of aromatic nitrogens is 3. The highest BCUT2D eigenvalue weighted by molar-refractivity contribution is 8.00. The van der Waals surface area contributed by atoms with Crippen molar-refractivity contribution >= 4 is 60.9 Å². The fourth-order valence-electron chi connectivity index (χ4n) is 4.63. The summed E-state index contributed by atoms with van der Waals surface area (Å²) >= 11 is 3.00. The van der Waals surface area contributed by atoms with Crippen molar-refractivity contribution in [3.8, 4) is 0 Å². The van der Waals surface area contributed by atoms with Crippen LogP contribution in [0.2, 0.25) is 0 Å². The molecule has 4 aromatic rings. The summed E-state index contributed by atoms with van der Waals surface area (Å²) in [5.74, 6) is 0.0711. The predicted octanol–water partition coefficient (Wildman–Crippen LogP) is 6.37. The molecule has 1 aliphatic rings. The number of benzene rings is 1. The number of carbonyl (C=O) groups is 2. The second kappa shape index (κ2) is 10.5. The van der Waals surface area contributed by atoms with Crippen molar-refractivity contribution in [3.63, 3.8) is 0 Å². The Hall–Kier alpha value is -2.88. The van der Waals surface area contributed by atoms with Crippen LogP contribution in [-0.4, -0.2) is 38.0 Å². The van der Waals surface area contributed by atoms with Crippen molar-refractivity contribution in [3.05, 3.63) is 53.0 Å². The summed E-state index contributed by atoms with van der Waals surface area (Å²) in [4.78, 5) is 39.4. The standard InChI is InChI=1S/C28H30N4O3S2/c1-5-6-7-21-20-13-35-28(3,4)12-19(20)23-24-25(37-26(23)32-21)27(30-15-29-24)36-14-22(34)31-18-10-8-17(9-11-18)16(2)33/h8-11,15H,5-7,12-14H2,1-4H3,(H,31,34). The first-order valence-electron chi connectivity index (χ1n) is 12.5. The summed E-state index contributed by atoms with van der Waals surface area (Å²) < 4.78 is 7.14. The minimum absolute atomic E-state index is 0.00567. The summed E-state index contributed by atoms with van der Waals surface area (Å²) in [5.41, 5.74) is 5.56. The maximum absolute atomic E-state index is 12.7. The minimum atomic E-state index is -0.247. The van der Waals surface area contributed by atoms with E-state index in [-0.39, 0.29) is 23.0 Å². The Bertz CT molecular complexity index is 1500. The van der Waals surface area contributed by atoms with Crippen LogP contribution in [-0.2, 0) is 29.0 Å². The molecular weight excluding hydrogens is 504 g/mol. The third-order valence-corrected chi connectivity index (χ3v) is 8.76. The van der Waals surface area contributed by atoms with Gasteiger partial charge in [-0.15, -0.1) is 11.3 Å². The maximum atomic E-state index is 12.7. The van der Waals surface area contributed by atoms with Gasteiger partial charge in [0.05, 0.1) is 28.2 Å². The molecule has 1 N–H and O–H groups in total. The second-order valence-corrected chi connectivity index (χ2v) is 11.9. The van der Waals surface area contributed by atoms with E-state index in [1.165, 1.54) is 29.8 Å². The molecule has 0 saturated carbocycles. The van der Waals surface area contributed by atoms with Crippen molar-refractivity contribution in [2.75, 3.05) is 11.1 Å². The van der Waals surface area contributed by atoms with Gasteiger partial charge in [0.15, 0.2) is 5.78 Å². The molecule has 1 aliphatic heterocycles. The van der Waals surface area contributed by atoms with E-state index in [1.807, 2.05) is 0 Å². The number of carbonyl (C=O) groups excluding carboxylic acids is 2. The van der Waals surface area contributed by atoms with Crippen molar-refractivity contribution < 1.29 is 14.3 Å². The monoisotopic (exact) mass is 534 g/mol. The molecule has 0 saturated heterocycles. The number of nitrogens with zero attached hydrogens (tertiary/aromatic N) is 3. The molecule has 1 aromatic carbocycles. The molecule has 0 bridgehead atoms. The molecule has 1 amide bonds. The maximum Gasteiger partial charge on any atom is 0.234 e. The van der Waals surface area contributed by atoms with E-state index in [2.05, 4.69) is 36.1 Å². The van der Waals surface area contributed by atoms with Gasteiger partial charge in [-0.05, 0) is 63.4 Å². The van der Waals surface area contributed by atoms with Crippen LogP contribution in [0.15, 0.2) is 35.6 Å². The Kier molecular flexibility index (Phi) is 7.29. The van der Waals surface area contributed by atoms with Crippen LogP contribution in [0.25, 0.3) is 20.4 Å². The number of rotatable bonds is 8. The number of amides is 1. The van der Waals surface area contributed by atoms with E-state index in [9.17, 15) is 9.59 Å². The van der Waals surface area contributed by atoms with Gasteiger partial charge in [0, 0.05) is 34.3 Å². The fourth-order valence-corrected chi connectivity index (χ4v) is 6.68. The van der Waals surface area contributed by atoms with Crippen molar-refractivity contribution in [1.29, 1.82) is 0 Å². The highest BCUT2D eigenvalue weighted by Crippen LogP contribution is 2.42. The first kappa shape index (κ1) is 25.8. The fraction of sp³-hybridized carbons (Fsp3) is 0.393. The summed E-state index contributed by atoms with van der Waals surface area (Å²) in [6.45, 7) is 8.55. The number of pyridine rings is 1. The molecule has 0 unspecified atom stereocenters. The lowest BCUT2D eigenvalue weighted by atomic mass is 9.88. The number of anilines is 1. The van der Waals surface area contributed by atoms with Gasteiger partial charge in [-0.3, -0.25) is 9.59 Å². The summed E-state index contributed by atoms with van der Waals surface area (Å²) in [6.07, 6.45) is 5.53. The van der Waals surface area contributed by atoms with Crippen LogP contribution in [0.3, 0.4) is 0 Å². The van der Waals surface area contributed by atoms with E-state index >= 15 is 0 Å². The summed E-state index contributed by atoms with van der Waals surface area (Å²) in [7, 11) is 0. The first-order valence-corrected chi connectivity index (χ1v) is 14.3. The molecule has 3 aromatic heterocycles. The molecule has 192 valence electrons. The van der Waals surface area contributed by atoms with Gasteiger partial charge in [0.25, 0.3) is 0 Å². The smallest absolute Gasteiger partial charge is 0.234 e. The third kappa shape index (κ3) is 5.39. The Morgan fingerprint density at radius 1 is 1.16 bits per heavy atom. The lowest BCUT2D eigenvalue weighted by Gasteiger charge is -2.33. The molecule has 5 rings (SSSR count). The molecule has 0 atom stereocenters. The lowest BCUT2D eigenvalue weighted by molar-refractivity contribution is -0.113. The number of aryl methyl sites for hydroxylation is 1. The van der Waals surface area contributed by atoms with E-state index in [0.717, 1.165) is 56.8 Å². The van der Waals surface area contributed by atoms with Crippen molar-refractivity contribution in [2.24, 2.45) is 0 Å². The van der Waals surface area contributed by atoms with E-state index in [0.29, 0.717) is 17.9 Å². The van der Waals surface area contributed by atoms with Crippen LogP contribution in [0.1, 0.15) is 67.7 Å². The number of thiophene rings is 1. The van der Waals surface area contributed by atoms with Gasteiger partial charge in [0.2, 0.25) is 5.91 Å². The number of thioether (sulfide) groups is 1. The minimum Gasteiger partial charge on any atom is -0.370 e. The van der Waals surface area contributed by atoms with E-state index < -0.39 is 0 Å². The zero-order chi connectivity index (χ0) is 26.2. The molecule has 37 heavy (non-hydrogen) atoms. The molecule has 0 spiro atoms. The van der Waals surface area contributed by atoms with E-state index in [4.69, 9.17) is 9.72 Å².